The molecular weight excluding hydrogens is 396 g/mol. The molecule has 0 unspecified atom stereocenters. The average Bonchev–Trinajstić information content (AvgIpc) is 2.83. The molecule has 0 aliphatic rings. The molecule has 0 spiro atoms. The monoisotopic (exact) mass is 420 g/mol. The summed E-state index contributed by atoms with van der Waals surface area (Å²) in [6.45, 7) is 0. The van der Waals surface area contributed by atoms with Crippen LogP contribution in [0.15, 0.2) is 72.8 Å². The third-order valence-corrected chi connectivity index (χ3v) is 4.64. The Morgan fingerprint density at radius 1 is 0.645 bits per heavy atom. The molecule has 0 saturated heterocycles. The van der Waals surface area contributed by atoms with Gasteiger partial charge in [0.15, 0.2) is 0 Å². The van der Waals surface area contributed by atoms with Gasteiger partial charge in [0.25, 0.3) is 11.8 Å². The summed E-state index contributed by atoms with van der Waals surface area (Å²) < 4.78 is 15.7. The summed E-state index contributed by atoms with van der Waals surface area (Å²) in [6, 6.07) is 20.7. The molecule has 3 aromatic carbocycles. The van der Waals surface area contributed by atoms with Gasteiger partial charge in [-0.15, -0.1) is 0 Å². The Kier molecular flexibility index (Phi) is 7.11. The second-order valence-electron chi connectivity index (χ2n) is 6.62. The van der Waals surface area contributed by atoms with Gasteiger partial charge in [0.1, 0.15) is 23.4 Å². The van der Waals surface area contributed by atoms with E-state index in [2.05, 4.69) is 10.6 Å². The van der Waals surface area contributed by atoms with E-state index in [0.29, 0.717) is 33.9 Å². The summed E-state index contributed by atoms with van der Waals surface area (Å²) in [4.78, 5) is 25.8. The normalized spacial score (nSPS) is 10.3. The molecule has 0 aromatic heterocycles. The first-order chi connectivity index (χ1) is 15.0. The second kappa shape index (κ2) is 10.2. The van der Waals surface area contributed by atoms with Gasteiger partial charge in [0, 0.05) is 11.1 Å². The molecule has 0 fully saturated rings. The van der Waals surface area contributed by atoms with Crippen molar-refractivity contribution >= 4 is 11.8 Å². The van der Waals surface area contributed by atoms with Gasteiger partial charge in [0.05, 0.1) is 21.3 Å². The molecular formula is C24H24N2O5. The lowest BCUT2D eigenvalue weighted by Crippen LogP contribution is -2.41. The predicted molar refractivity (Wildman–Crippen MR) is 117 cm³/mol. The van der Waals surface area contributed by atoms with Crippen molar-refractivity contribution in [1.82, 2.24) is 10.6 Å². The molecule has 0 aliphatic heterocycles. The van der Waals surface area contributed by atoms with Crippen LogP contribution in [0.4, 0.5) is 0 Å². The van der Waals surface area contributed by atoms with E-state index in [1.807, 2.05) is 0 Å². The van der Waals surface area contributed by atoms with Crippen LogP contribution >= 0.6 is 0 Å². The summed E-state index contributed by atoms with van der Waals surface area (Å²) in [5, 5.41) is 5.74. The number of carbonyl (C=O) groups excluding carboxylic acids is 2. The Morgan fingerprint density at radius 2 is 1.06 bits per heavy atom. The van der Waals surface area contributed by atoms with E-state index in [4.69, 9.17) is 14.2 Å². The van der Waals surface area contributed by atoms with Gasteiger partial charge in [-0.25, -0.2) is 0 Å². The van der Waals surface area contributed by atoms with Crippen molar-refractivity contribution in [2.24, 2.45) is 0 Å². The van der Waals surface area contributed by atoms with Crippen molar-refractivity contribution in [3.05, 3.63) is 89.5 Å². The topological polar surface area (TPSA) is 85.9 Å². The molecule has 0 heterocycles. The summed E-state index contributed by atoms with van der Waals surface area (Å²) in [6.07, 6.45) is -0.799. The molecule has 31 heavy (non-hydrogen) atoms. The highest BCUT2D eigenvalue weighted by atomic mass is 16.5. The molecule has 0 aliphatic carbocycles. The number of ether oxygens (including phenoxy) is 3. The largest absolute Gasteiger partial charge is 0.497 e. The van der Waals surface area contributed by atoms with Crippen molar-refractivity contribution in [2.75, 3.05) is 21.3 Å². The third kappa shape index (κ3) is 5.54. The van der Waals surface area contributed by atoms with Crippen LogP contribution in [0.1, 0.15) is 32.4 Å². The van der Waals surface area contributed by atoms with Gasteiger partial charge in [0.2, 0.25) is 0 Å². The molecule has 0 bridgehead atoms. The molecule has 2 amide bonds. The quantitative estimate of drug-likeness (QED) is 0.544. The Hall–Kier alpha value is -4.00. The van der Waals surface area contributed by atoms with Crippen LogP contribution in [0.5, 0.6) is 17.2 Å². The van der Waals surface area contributed by atoms with Gasteiger partial charge >= 0.3 is 0 Å². The van der Waals surface area contributed by atoms with Crippen LogP contribution in [0.2, 0.25) is 0 Å². The van der Waals surface area contributed by atoms with Crippen LogP contribution < -0.4 is 24.8 Å². The molecule has 3 rings (SSSR count). The first kappa shape index (κ1) is 21.7. The number of nitrogens with one attached hydrogen (secondary N) is 2. The van der Waals surface area contributed by atoms with E-state index >= 15 is 0 Å². The summed E-state index contributed by atoms with van der Waals surface area (Å²) in [5.74, 6) is 1.00. The Morgan fingerprint density at radius 3 is 1.52 bits per heavy atom. The molecule has 160 valence electrons. The van der Waals surface area contributed by atoms with E-state index in [1.54, 1.807) is 79.9 Å². The van der Waals surface area contributed by atoms with Crippen molar-refractivity contribution in [3.63, 3.8) is 0 Å². The summed E-state index contributed by atoms with van der Waals surface area (Å²) in [7, 11) is 4.62. The predicted octanol–water partition coefficient (Wildman–Crippen LogP) is 3.57. The van der Waals surface area contributed by atoms with Crippen molar-refractivity contribution in [3.8, 4) is 17.2 Å². The van der Waals surface area contributed by atoms with E-state index < -0.39 is 6.17 Å². The third-order valence-electron chi connectivity index (χ3n) is 4.64. The van der Waals surface area contributed by atoms with Crippen LogP contribution in [-0.2, 0) is 0 Å². The van der Waals surface area contributed by atoms with Gasteiger partial charge in [-0.1, -0.05) is 24.3 Å². The van der Waals surface area contributed by atoms with E-state index in [9.17, 15) is 9.59 Å². The number of methoxy groups -OCH3 is 3. The number of hydrogen-bond donors (Lipinski definition) is 2. The van der Waals surface area contributed by atoms with Crippen LogP contribution in [0, 0.1) is 0 Å². The highest BCUT2D eigenvalue weighted by molar-refractivity contribution is 5.97. The summed E-state index contributed by atoms with van der Waals surface area (Å²) in [5.41, 5.74) is 1.47. The number of amides is 2. The van der Waals surface area contributed by atoms with Crippen molar-refractivity contribution in [1.29, 1.82) is 0 Å². The number of rotatable bonds is 8. The van der Waals surface area contributed by atoms with Crippen molar-refractivity contribution in [2.45, 2.75) is 6.17 Å². The standard InChI is InChI=1S/C24H24N2O5/c1-29-19-10-4-7-16(13-19)22(25-23(27)17-8-5-11-20(14-17)30-2)26-24(28)18-9-6-12-21(15-18)31-3/h4-15,22H,1-3H3,(H,25,27)(H,26,28). The lowest BCUT2D eigenvalue weighted by atomic mass is 10.1. The molecule has 0 radical (unpaired) electrons. The zero-order chi connectivity index (χ0) is 22.2. The minimum Gasteiger partial charge on any atom is -0.497 e. The first-order valence-corrected chi connectivity index (χ1v) is 9.58. The Balaban J connectivity index is 1.88. The number of hydrogen-bond acceptors (Lipinski definition) is 5. The minimum atomic E-state index is -0.799. The lowest BCUT2D eigenvalue weighted by molar-refractivity contribution is 0.0883. The van der Waals surface area contributed by atoms with Crippen molar-refractivity contribution < 1.29 is 23.8 Å². The molecule has 7 heteroatoms. The molecule has 0 saturated carbocycles. The SMILES string of the molecule is COc1cccc(C(=O)NC(NC(=O)c2cccc(OC)c2)c2cccc(OC)c2)c1. The van der Waals surface area contributed by atoms with Crippen LogP contribution in [0.3, 0.4) is 0 Å². The zero-order valence-electron chi connectivity index (χ0n) is 17.5. The maximum absolute atomic E-state index is 12.9. The van der Waals surface area contributed by atoms with Gasteiger partial charge in [-0.2, -0.15) is 0 Å². The maximum atomic E-state index is 12.9. The first-order valence-electron chi connectivity index (χ1n) is 9.58. The van der Waals surface area contributed by atoms with Gasteiger partial charge in [-0.05, 0) is 54.1 Å². The fraction of sp³-hybridized carbons (Fsp3) is 0.167. The Bertz CT molecular complexity index is 1010. The van der Waals surface area contributed by atoms with E-state index in [1.165, 1.54) is 14.2 Å². The molecule has 0 atom stereocenters. The molecule has 7 nitrogen and oxygen atoms in total. The highest BCUT2D eigenvalue weighted by Gasteiger charge is 2.20. The van der Waals surface area contributed by atoms with Crippen LogP contribution in [0.25, 0.3) is 0 Å². The van der Waals surface area contributed by atoms with Gasteiger partial charge in [-0.3, -0.25) is 9.59 Å². The van der Waals surface area contributed by atoms with E-state index in [0.717, 1.165) is 0 Å². The van der Waals surface area contributed by atoms with E-state index in [-0.39, 0.29) is 11.8 Å². The fourth-order valence-corrected chi connectivity index (χ4v) is 2.98. The molecule has 2 N–H and O–H groups in total. The number of carbonyl (C=O) groups is 2. The minimum absolute atomic E-state index is 0.363. The summed E-state index contributed by atoms with van der Waals surface area (Å²) >= 11 is 0. The fourth-order valence-electron chi connectivity index (χ4n) is 2.98. The lowest BCUT2D eigenvalue weighted by Gasteiger charge is -2.21. The van der Waals surface area contributed by atoms with Crippen LogP contribution in [-0.4, -0.2) is 33.1 Å². The Labute approximate surface area is 180 Å². The molecule has 3 aromatic rings. The maximum Gasteiger partial charge on any atom is 0.253 e. The second-order valence-corrected chi connectivity index (χ2v) is 6.62. The smallest absolute Gasteiger partial charge is 0.253 e. The highest BCUT2D eigenvalue weighted by Crippen LogP contribution is 2.20. The van der Waals surface area contributed by atoms with Gasteiger partial charge < -0.3 is 24.8 Å². The number of benzene rings is 3. The zero-order valence-corrected chi connectivity index (χ0v) is 17.5. The average molecular weight is 420 g/mol.